The second kappa shape index (κ2) is 15.0. The SMILES string of the molecule is Cc1cc2nc(CCC(NC(=O)OC(C)(C)C)C(=O)NOC(c3ccccc3)(c3ccccc3)c3ccccc3)n(-c3ccccc3)c2cc1C. The number of imidazole rings is 1. The minimum absolute atomic E-state index is 0.220. The van der Waals surface area contributed by atoms with E-state index in [0.717, 1.165) is 50.4 Å². The van der Waals surface area contributed by atoms with Gasteiger partial charge < -0.3 is 10.1 Å². The monoisotopic (exact) mass is 680 g/mol. The zero-order chi connectivity index (χ0) is 36.0. The van der Waals surface area contributed by atoms with Gasteiger partial charge in [0.05, 0.1) is 11.0 Å². The molecular formula is C43H44N4O4. The lowest BCUT2D eigenvalue weighted by molar-refractivity contribution is -0.145. The average molecular weight is 681 g/mol. The van der Waals surface area contributed by atoms with Crippen LogP contribution in [-0.4, -0.2) is 33.2 Å². The van der Waals surface area contributed by atoms with Crippen LogP contribution in [0.25, 0.3) is 16.7 Å². The highest BCUT2D eigenvalue weighted by Gasteiger charge is 2.40. The number of rotatable bonds is 11. The van der Waals surface area contributed by atoms with Crippen LogP contribution >= 0.6 is 0 Å². The van der Waals surface area contributed by atoms with Crippen LogP contribution in [0.5, 0.6) is 0 Å². The molecule has 0 aliphatic heterocycles. The number of carbonyl (C=O) groups is 2. The first kappa shape index (κ1) is 35.1. The van der Waals surface area contributed by atoms with Gasteiger partial charge in [-0.05, 0) is 93.1 Å². The molecule has 0 saturated carbocycles. The summed E-state index contributed by atoms with van der Waals surface area (Å²) in [6.45, 7) is 9.50. The molecule has 51 heavy (non-hydrogen) atoms. The Morgan fingerprint density at radius 2 is 1.22 bits per heavy atom. The number of amides is 2. The third-order valence-corrected chi connectivity index (χ3v) is 8.86. The number of hydrogen-bond acceptors (Lipinski definition) is 5. The summed E-state index contributed by atoms with van der Waals surface area (Å²) in [6.07, 6.45) is -0.111. The van der Waals surface area contributed by atoms with Crippen molar-refractivity contribution >= 4 is 23.0 Å². The highest BCUT2D eigenvalue weighted by molar-refractivity contribution is 5.85. The van der Waals surface area contributed by atoms with Crippen LogP contribution in [-0.2, 0) is 26.4 Å². The Morgan fingerprint density at radius 3 is 1.73 bits per heavy atom. The first-order valence-corrected chi connectivity index (χ1v) is 17.2. The van der Waals surface area contributed by atoms with Crippen molar-refractivity contribution in [3.05, 3.63) is 167 Å². The lowest BCUT2D eigenvalue weighted by Gasteiger charge is -2.35. The van der Waals surface area contributed by atoms with E-state index in [1.807, 2.05) is 121 Å². The molecule has 0 aliphatic carbocycles. The van der Waals surface area contributed by atoms with Gasteiger partial charge in [-0.2, -0.15) is 0 Å². The van der Waals surface area contributed by atoms with E-state index in [-0.39, 0.29) is 6.42 Å². The summed E-state index contributed by atoms with van der Waals surface area (Å²) in [4.78, 5) is 39.1. The molecule has 2 N–H and O–H groups in total. The Morgan fingerprint density at radius 1 is 0.725 bits per heavy atom. The lowest BCUT2D eigenvalue weighted by Crippen LogP contribution is -2.50. The van der Waals surface area contributed by atoms with Crippen molar-refractivity contribution in [1.29, 1.82) is 0 Å². The Balaban J connectivity index is 1.36. The minimum Gasteiger partial charge on any atom is -0.444 e. The summed E-state index contributed by atoms with van der Waals surface area (Å²) in [6, 6.07) is 42.5. The number of fused-ring (bicyclic) bond motifs is 1. The van der Waals surface area contributed by atoms with E-state index in [1.165, 1.54) is 0 Å². The largest absolute Gasteiger partial charge is 0.444 e. The van der Waals surface area contributed by atoms with Crippen LogP contribution in [0.15, 0.2) is 133 Å². The van der Waals surface area contributed by atoms with E-state index >= 15 is 0 Å². The molecule has 0 bridgehead atoms. The lowest BCUT2D eigenvalue weighted by atomic mass is 9.80. The number of carbonyl (C=O) groups excluding carboxylic acids is 2. The van der Waals surface area contributed by atoms with Crippen LogP contribution in [0.4, 0.5) is 4.79 Å². The van der Waals surface area contributed by atoms with Crippen LogP contribution in [0.1, 0.15) is 60.8 Å². The maximum Gasteiger partial charge on any atom is 0.408 e. The van der Waals surface area contributed by atoms with Gasteiger partial charge in [-0.25, -0.2) is 15.3 Å². The van der Waals surface area contributed by atoms with Gasteiger partial charge in [-0.3, -0.25) is 14.2 Å². The van der Waals surface area contributed by atoms with Crippen LogP contribution in [0.2, 0.25) is 0 Å². The van der Waals surface area contributed by atoms with E-state index < -0.39 is 29.2 Å². The van der Waals surface area contributed by atoms with Crippen molar-refractivity contribution in [2.45, 2.75) is 64.7 Å². The standard InChI is InChI=1S/C43H44N4O4/c1-30-28-37-38(29-31(30)2)47(35-24-16-9-17-25-35)39(44-37)27-26-36(45-41(49)50-42(3,4)5)40(48)46-51-43(32-18-10-6-11-19-32,33-20-12-7-13-21-33)34-22-14-8-15-23-34/h6-25,28-29,36H,26-27H2,1-5H3,(H,45,49)(H,46,48). The molecule has 1 atom stereocenters. The number of para-hydroxylation sites is 1. The molecular weight excluding hydrogens is 636 g/mol. The zero-order valence-electron chi connectivity index (χ0n) is 29.7. The molecule has 0 spiro atoms. The van der Waals surface area contributed by atoms with Gasteiger partial charge in [-0.1, -0.05) is 109 Å². The van der Waals surface area contributed by atoms with Crippen molar-refractivity contribution in [3.8, 4) is 5.69 Å². The molecule has 1 heterocycles. The van der Waals surface area contributed by atoms with Crippen LogP contribution < -0.4 is 10.8 Å². The van der Waals surface area contributed by atoms with Gasteiger partial charge in [0.2, 0.25) is 0 Å². The van der Waals surface area contributed by atoms with Gasteiger partial charge in [0.15, 0.2) is 5.60 Å². The molecule has 8 nitrogen and oxygen atoms in total. The number of nitrogens with one attached hydrogen (secondary N) is 2. The second-order valence-corrected chi connectivity index (χ2v) is 13.7. The van der Waals surface area contributed by atoms with Crippen molar-refractivity contribution in [1.82, 2.24) is 20.3 Å². The fourth-order valence-electron chi connectivity index (χ4n) is 6.30. The Hall–Kier alpha value is -5.73. The van der Waals surface area contributed by atoms with Gasteiger partial charge >= 0.3 is 6.09 Å². The smallest absolute Gasteiger partial charge is 0.408 e. The summed E-state index contributed by atoms with van der Waals surface area (Å²) in [5, 5.41) is 2.82. The first-order valence-electron chi connectivity index (χ1n) is 17.2. The van der Waals surface area contributed by atoms with Crippen LogP contribution in [0, 0.1) is 13.8 Å². The van der Waals surface area contributed by atoms with E-state index in [4.69, 9.17) is 14.6 Å². The highest BCUT2D eigenvalue weighted by Crippen LogP contribution is 2.39. The van der Waals surface area contributed by atoms with Crippen LogP contribution in [0.3, 0.4) is 0 Å². The fraction of sp³-hybridized carbons (Fsp3) is 0.233. The molecule has 2 amide bonds. The number of hydrogen-bond donors (Lipinski definition) is 2. The predicted octanol–water partition coefficient (Wildman–Crippen LogP) is 8.51. The van der Waals surface area contributed by atoms with E-state index in [9.17, 15) is 9.59 Å². The highest BCUT2D eigenvalue weighted by atomic mass is 16.7. The molecule has 6 rings (SSSR count). The summed E-state index contributed by atoms with van der Waals surface area (Å²) in [5.74, 6) is 0.236. The maximum absolute atomic E-state index is 14.3. The summed E-state index contributed by atoms with van der Waals surface area (Å²) >= 11 is 0. The molecule has 0 aliphatic rings. The molecule has 0 fully saturated rings. The number of nitrogens with zero attached hydrogens (tertiary/aromatic N) is 2. The molecule has 5 aromatic carbocycles. The van der Waals surface area contributed by atoms with Gasteiger partial charge in [0, 0.05) is 12.1 Å². The maximum atomic E-state index is 14.3. The third kappa shape index (κ3) is 7.87. The summed E-state index contributed by atoms with van der Waals surface area (Å²) in [7, 11) is 0. The third-order valence-electron chi connectivity index (χ3n) is 8.86. The predicted molar refractivity (Wildman–Crippen MR) is 200 cm³/mol. The molecule has 1 unspecified atom stereocenters. The van der Waals surface area contributed by atoms with Gasteiger partial charge in [0.1, 0.15) is 17.5 Å². The zero-order valence-corrected chi connectivity index (χ0v) is 29.7. The Bertz CT molecular complexity index is 1990. The van der Waals surface area contributed by atoms with Gasteiger partial charge in [0.25, 0.3) is 5.91 Å². The topological polar surface area (TPSA) is 94.5 Å². The van der Waals surface area contributed by atoms with E-state index in [2.05, 4.69) is 41.3 Å². The number of alkyl carbamates (subject to hydrolysis) is 1. The normalized spacial score (nSPS) is 12.3. The number of benzene rings is 5. The molecule has 8 heteroatoms. The van der Waals surface area contributed by atoms with Crippen molar-refractivity contribution < 1.29 is 19.2 Å². The number of aromatic nitrogens is 2. The second-order valence-electron chi connectivity index (χ2n) is 13.7. The number of hydroxylamine groups is 1. The van der Waals surface area contributed by atoms with Crippen molar-refractivity contribution in [3.63, 3.8) is 0 Å². The Kier molecular flexibility index (Phi) is 10.3. The van der Waals surface area contributed by atoms with E-state index in [0.29, 0.717) is 6.42 Å². The summed E-state index contributed by atoms with van der Waals surface area (Å²) < 4.78 is 7.72. The average Bonchev–Trinajstić information content (AvgIpc) is 3.48. The molecule has 0 saturated heterocycles. The molecule has 0 radical (unpaired) electrons. The fourth-order valence-corrected chi connectivity index (χ4v) is 6.30. The quantitative estimate of drug-likeness (QED) is 0.106. The minimum atomic E-state index is -1.20. The Labute approximate surface area is 299 Å². The number of ether oxygens (including phenoxy) is 1. The molecule has 1 aromatic heterocycles. The molecule has 260 valence electrons. The molecule has 6 aromatic rings. The first-order chi connectivity index (χ1) is 24.5. The van der Waals surface area contributed by atoms with Crippen molar-refractivity contribution in [2.24, 2.45) is 0 Å². The van der Waals surface area contributed by atoms with Gasteiger partial charge in [-0.15, -0.1) is 0 Å². The number of aryl methyl sites for hydroxylation is 3. The van der Waals surface area contributed by atoms with Crippen molar-refractivity contribution in [2.75, 3.05) is 0 Å². The summed E-state index contributed by atoms with van der Waals surface area (Å²) in [5.41, 5.74) is 8.37. The van der Waals surface area contributed by atoms with E-state index in [1.54, 1.807) is 20.8 Å².